The van der Waals surface area contributed by atoms with Crippen LogP contribution in [0.15, 0.2) is 0 Å². The summed E-state index contributed by atoms with van der Waals surface area (Å²) >= 11 is 0. The fourth-order valence-electron chi connectivity index (χ4n) is 2.02. The quantitative estimate of drug-likeness (QED) is 0.799. The minimum atomic E-state index is -0.589. The fourth-order valence-corrected chi connectivity index (χ4v) is 2.02. The van der Waals surface area contributed by atoms with E-state index < -0.39 is 11.2 Å². The van der Waals surface area contributed by atoms with Crippen LogP contribution in [0.3, 0.4) is 0 Å². The lowest BCUT2D eigenvalue weighted by Crippen LogP contribution is -2.36. The number of β-amino-alcohol motifs (C(OH)–C–C–N with tert-alkyl or cyclic N) is 1. The first kappa shape index (κ1) is 15.2. The van der Waals surface area contributed by atoms with Crippen LogP contribution in [-0.2, 0) is 4.74 Å². The Balaban J connectivity index is 2.24. The maximum Gasteiger partial charge on any atom is 0.410 e. The van der Waals surface area contributed by atoms with E-state index in [1.54, 1.807) is 11.9 Å². The van der Waals surface area contributed by atoms with Gasteiger partial charge in [-0.1, -0.05) is 0 Å². The molecular formula is C13H26N2O3. The molecule has 0 aromatic carbocycles. The number of hydrogen-bond donors (Lipinski definition) is 2. The predicted octanol–water partition coefficient (Wildman–Crippen LogP) is 1.36. The van der Waals surface area contributed by atoms with Crippen molar-refractivity contribution in [2.45, 2.75) is 51.2 Å². The SMILES string of the molecule is CN(CCCC1(O)CCNC1)C(=O)OC(C)(C)C. The molecule has 1 atom stereocenters. The first-order valence-electron chi connectivity index (χ1n) is 6.59. The molecule has 5 nitrogen and oxygen atoms in total. The van der Waals surface area contributed by atoms with Crippen LogP contribution in [0.4, 0.5) is 4.79 Å². The molecule has 0 spiro atoms. The van der Waals surface area contributed by atoms with Crippen molar-refractivity contribution in [2.75, 3.05) is 26.7 Å². The van der Waals surface area contributed by atoms with Crippen molar-refractivity contribution >= 4 is 6.09 Å². The van der Waals surface area contributed by atoms with Crippen LogP contribution in [-0.4, -0.2) is 54.0 Å². The topological polar surface area (TPSA) is 61.8 Å². The second kappa shape index (κ2) is 5.89. The number of carbonyl (C=O) groups is 1. The number of hydrogen-bond acceptors (Lipinski definition) is 4. The van der Waals surface area contributed by atoms with E-state index in [0.29, 0.717) is 19.5 Å². The molecule has 1 heterocycles. The summed E-state index contributed by atoms with van der Waals surface area (Å²) in [6.07, 6.45) is 1.99. The van der Waals surface area contributed by atoms with Crippen LogP contribution >= 0.6 is 0 Å². The average Bonchev–Trinajstić information content (AvgIpc) is 2.62. The number of nitrogens with zero attached hydrogens (tertiary/aromatic N) is 1. The molecule has 0 aromatic heterocycles. The Bertz CT molecular complexity index is 280. The largest absolute Gasteiger partial charge is 0.444 e. The highest BCUT2D eigenvalue weighted by molar-refractivity contribution is 5.67. The Kier molecular flexibility index (Phi) is 4.99. The van der Waals surface area contributed by atoms with Crippen molar-refractivity contribution in [2.24, 2.45) is 0 Å². The Morgan fingerprint density at radius 1 is 1.50 bits per heavy atom. The summed E-state index contributed by atoms with van der Waals surface area (Å²) in [5.41, 5.74) is -1.05. The molecule has 1 fully saturated rings. The summed E-state index contributed by atoms with van der Waals surface area (Å²) in [5.74, 6) is 0. The molecule has 5 heteroatoms. The third kappa shape index (κ3) is 5.23. The smallest absolute Gasteiger partial charge is 0.410 e. The zero-order valence-electron chi connectivity index (χ0n) is 12.0. The van der Waals surface area contributed by atoms with E-state index in [9.17, 15) is 9.90 Å². The molecule has 1 aliphatic heterocycles. The molecule has 106 valence electrons. The van der Waals surface area contributed by atoms with Gasteiger partial charge in [-0.2, -0.15) is 0 Å². The molecule has 0 saturated carbocycles. The number of ether oxygens (including phenoxy) is 1. The van der Waals surface area contributed by atoms with Crippen molar-refractivity contribution in [3.8, 4) is 0 Å². The van der Waals surface area contributed by atoms with Crippen LogP contribution in [0.2, 0.25) is 0 Å². The van der Waals surface area contributed by atoms with E-state index in [1.807, 2.05) is 20.8 Å². The number of nitrogens with one attached hydrogen (secondary N) is 1. The lowest BCUT2D eigenvalue weighted by molar-refractivity contribution is 0.0243. The van der Waals surface area contributed by atoms with Gasteiger partial charge in [0, 0.05) is 20.1 Å². The second-order valence-electron chi connectivity index (χ2n) is 6.16. The Hall–Kier alpha value is -0.810. The number of carbonyl (C=O) groups excluding carboxylic acids is 1. The molecule has 1 saturated heterocycles. The standard InChI is InChI=1S/C13H26N2O3/c1-12(2,3)18-11(16)15(4)9-5-6-13(17)7-8-14-10-13/h14,17H,5-10H2,1-4H3. The molecule has 0 bridgehead atoms. The number of rotatable bonds is 4. The number of amides is 1. The van der Waals surface area contributed by atoms with Gasteiger partial charge in [0.1, 0.15) is 5.60 Å². The van der Waals surface area contributed by atoms with E-state index >= 15 is 0 Å². The summed E-state index contributed by atoms with van der Waals surface area (Å²) < 4.78 is 5.26. The van der Waals surface area contributed by atoms with Crippen LogP contribution in [0.5, 0.6) is 0 Å². The zero-order valence-corrected chi connectivity index (χ0v) is 12.0. The van der Waals surface area contributed by atoms with Crippen molar-refractivity contribution in [1.29, 1.82) is 0 Å². The van der Waals surface area contributed by atoms with Crippen LogP contribution in [0.25, 0.3) is 0 Å². The highest BCUT2D eigenvalue weighted by Gasteiger charge is 2.30. The minimum Gasteiger partial charge on any atom is -0.444 e. The van der Waals surface area contributed by atoms with Gasteiger partial charge in [0.2, 0.25) is 0 Å². The summed E-state index contributed by atoms with van der Waals surface area (Å²) in [5, 5.41) is 13.3. The molecule has 1 rings (SSSR count). The summed E-state index contributed by atoms with van der Waals surface area (Å²) in [7, 11) is 1.73. The van der Waals surface area contributed by atoms with Crippen molar-refractivity contribution < 1.29 is 14.6 Å². The second-order valence-corrected chi connectivity index (χ2v) is 6.16. The summed E-state index contributed by atoms with van der Waals surface area (Å²) in [6.45, 7) is 7.70. The monoisotopic (exact) mass is 258 g/mol. The normalized spacial score (nSPS) is 24.1. The Labute approximate surface area is 109 Å². The lowest BCUT2D eigenvalue weighted by atomic mass is 9.97. The number of aliphatic hydroxyl groups is 1. The molecular weight excluding hydrogens is 232 g/mol. The molecule has 2 N–H and O–H groups in total. The van der Waals surface area contributed by atoms with E-state index in [0.717, 1.165) is 19.4 Å². The zero-order chi connectivity index (χ0) is 13.8. The molecule has 1 amide bonds. The van der Waals surface area contributed by atoms with Crippen LogP contribution in [0.1, 0.15) is 40.0 Å². The summed E-state index contributed by atoms with van der Waals surface area (Å²) in [4.78, 5) is 13.3. The lowest BCUT2D eigenvalue weighted by Gasteiger charge is -2.26. The minimum absolute atomic E-state index is 0.306. The molecule has 1 aliphatic rings. The maximum absolute atomic E-state index is 11.7. The van der Waals surface area contributed by atoms with Crippen molar-refractivity contribution in [1.82, 2.24) is 10.2 Å². The van der Waals surface area contributed by atoms with E-state index in [-0.39, 0.29) is 6.09 Å². The first-order chi connectivity index (χ1) is 8.22. The average molecular weight is 258 g/mol. The molecule has 0 radical (unpaired) electrons. The van der Waals surface area contributed by atoms with Gasteiger partial charge >= 0.3 is 6.09 Å². The highest BCUT2D eigenvalue weighted by Crippen LogP contribution is 2.20. The van der Waals surface area contributed by atoms with Gasteiger partial charge < -0.3 is 20.1 Å². The van der Waals surface area contributed by atoms with Crippen molar-refractivity contribution in [3.63, 3.8) is 0 Å². The van der Waals surface area contributed by atoms with E-state index in [1.165, 1.54) is 0 Å². The predicted molar refractivity (Wildman–Crippen MR) is 70.5 cm³/mol. The van der Waals surface area contributed by atoms with Gasteiger partial charge in [0.15, 0.2) is 0 Å². The molecule has 18 heavy (non-hydrogen) atoms. The van der Waals surface area contributed by atoms with E-state index in [2.05, 4.69) is 5.32 Å². The fraction of sp³-hybridized carbons (Fsp3) is 0.923. The molecule has 0 aromatic rings. The Morgan fingerprint density at radius 3 is 2.67 bits per heavy atom. The van der Waals surface area contributed by atoms with E-state index in [4.69, 9.17) is 4.74 Å². The van der Waals surface area contributed by atoms with Gasteiger partial charge in [-0.05, 0) is 46.6 Å². The maximum atomic E-state index is 11.7. The first-order valence-corrected chi connectivity index (χ1v) is 6.59. The van der Waals surface area contributed by atoms with Gasteiger partial charge in [-0.15, -0.1) is 0 Å². The van der Waals surface area contributed by atoms with Crippen molar-refractivity contribution in [3.05, 3.63) is 0 Å². The van der Waals surface area contributed by atoms with Gasteiger partial charge in [0.05, 0.1) is 5.60 Å². The third-order valence-electron chi connectivity index (χ3n) is 3.06. The third-order valence-corrected chi connectivity index (χ3v) is 3.06. The summed E-state index contributed by atoms with van der Waals surface area (Å²) in [6, 6.07) is 0. The Morgan fingerprint density at radius 2 is 2.17 bits per heavy atom. The molecule has 1 unspecified atom stereocenters. The van der Waals surface area contributed by atoms with Gasteiger partial charge in [-0.3, -0.25) is 0 Å². The molecule has 0 aliphatic carbocycles. The van der Waals surface area contributed by atoms with Crippen LogP contribution < -0.4 is 5.32 Å². The van der Waals surface area contributed by atoms with Crippen LogP contribution in [0, 0.1) is 0 Å². The highest BCUT2D eigenvalue weighted by atomic mass is 16.6. The van der Waals surface area contributed by atoms with Gasteiger partial charge in [-0.25, -0.2) is 4.79 Å². The van der Waals surface area contributed by atoms with Gasteiger partial charge in [0.25, 0.3) is 0 Å².